The van der Waals surface area contributed by atoms with Crippen LogP contribution < -0.4 is 4.31 Å². The minimum absolute atomic E-state index is 0.128. The predicted molar refractivity (Wildman–Crippen MR) is 81.8 cm³/mol. The first kappa shape index (κ1) is 15.0. The summed E-state index contributed by atoms with van der Waals surface area (Å²) < 4.78 is 42.5. The molecule has 1 aromatic carbocycles. The minimum atomic E-state index is -3.76. The largest absolute Gasteiger partial charge is 0.265 e. The van der Waals surface area contributed by atoms with E-state index in [1.165, 1.54) is 22.5 Å². The Morgan fingerprint density at radius 3 is 2.64 bits per heavy atom. The van der Waals surface area contributed by atoms with Crippen LogP contribution in [0.25, 0.3) is 0 Å². The maximum atomic E-state index is 13.3. The number of halogens is 1. The maximum absolute atomic E-state index is 13.3. The molecule has 0 bridgehead atoms. The van der Waals surface area contributed by atoms with E-state index in [1.807, 2.05) is 13.8 Å². The van der Waals surface area contributed by atoms with Crippen LogP contribution >= 0.6 is 0 Å². The first-order valence-corrected chi connectivity index (χ1v) is 8.60. The molecule has 0 radical (unpaired) electrons. The second kappa shape index (κ2) is 5.08. The fourth-order valence-corrected chi connectivity index (χ4v) is 4.97. The Bertz CT molecular complexity index is 816. The SMILES string of the molecule is Cc1cc(F)ccc1S(=O)(=O)N1c2ccnn2[C@H](C)C[C@@H]1C. The lowest BCUT2D eigenvalue weighted by Gasteiger charge is -2.37. The number of sulfonamides is 1. The fraction of sp³-hybridized carbons (Fsp3) is 0.400. The number of fused-ring (bicyclic) bond motifs is 1. The number of aryl methyl sites for hydroxylation is 1. The average molecular weight is 323 g/mol. The molecule has 118 valence electrons. The Morgan fingerprint density at radius 2 is 1.95 bits per heavy atom. The lowest BCUT2D eigenvalue weighted by molar-refractivity contribution is 0.393. The summed E-state index contributed by atoms with van der Waals surface area (Å²) in [4.78, 5) is 0.128. The number of benzene rings is 1. The summed E-state index contributed by atoms with van der Waals surface area (Å²) in [5.41, 5.74) is 0.400. The van der Waals surface area contributed by atoms with Crippen molar-refractivity contribution in [1.29, 1.82) is 0 Å². The van der Waals surface area contributed by atoms with Crippen molar-refractivity contribution in [3.63, 3.8) is 0 Å². The monoisotopic (exact) mass is 323 g/mol. The number of aromatic nitrogens is 2. The molecule has 7 heteroatoms. The topological polar surface area (TPSA) is 55.2 Å². The summed E-state index contributed by atoms with van der Waals surface area (Å²) >= 11 is 0. The van der Waals surface area contributed by atoms with E-state index in [4.69, 9.17) is 0 Å². The van der Waals surface area contributed by atoms with Crippen molar-refractivity contribution in [1.82, 2.24) is 9.78 Å². The molecule has 0 spiro atoms. The molecule has 0 unspecified atom stereocenters. The molecular formula is C15H18FN3O2S. The van der Waals surface area contributed by atoms with E-state index in [0.717, 1.165) is 0 Å². The van der Waals surface area contributed by atoms with Gasteiger partial charge in [0.15, 0.2) is 0 Å². The van der Waals surface area contributed by atoms with Crippen molar-refractivity contribution in [3.05, 3.63) is 41.8 Å². The van der Waals surface area contributed by atoms with Crippen LogP contribution in [0, 0.1) is 12.7 Å². The summed E-state index contributed by atoms with van der Waals surface area (Å²) in [5.74, 6) is 0.108. The van der Waals surface area contributed by atoms with Gasteiger partial charge in [0.1, 0.15) is 11.6 Å². The number of hydrogen-bond acceptors (Lipinski definition) is 3. The molecule has 3 rings (SSSR count). The van der Waals surface area contributed by atoms with E-state index < -0.39 is 15.8 Å². The van der Waals surface area contributed by atoms with Crippen LogP contribution in [0.5, 0.6) is 0 Å². The highest BCUT2D eigenvalue weighted by Gasteiger charge is 2.37. The zero-order valence-corrected chi connectivity index (χ0v) is 13.5. The van der Waals surface area contributed by atoms with Crippen LogP contribution in [0.1, 0.15) is 31.9 Å². The maximum Gasteiger partial charge on any atom is 0.265 e. The Hall–Kier alpha value is -1.89. The number of nitrogens with zero attached hydrogens (tertiary/aromatic N) is 3. The first-order chi connectivity index (χ1) is 10.3. The van der Waals surface area contributed by atoms with Gasteiger partial charge < -0.3 is 0 Å². The van der Waals surface area contributed by atoms with Gasteiger partial charge in [-0.25, -0.2) is 21.8 Å². The minimum Gasteiger partial charge on any atom is -0.247 e. The van der Waals surface area contributed by atoms with Crippen molar-refractivity contribution >= 4 is 15.8 Å². The molecule has 0 fully saturated rings. The number of hydrogen-bond donors (Lipinski definition) is 0. The summed E-state index contributed by atoms with van der Waals surface area (Å²) in [5, 5.41) is 4.22. The second-order valence-corrected chi connectivity index (χ2v) is 7.56. The molecule has 2 atom stereocenters. The fourth-order valence-electron chi connectivity index (χ4n) is 3.10. The van der Waals surface area contributed by atoms with Crippen LogP contribution in [0.4, 0.5) is 10.2 Å². The lowest BCUT2D eigenvalue weighted by Crippen LogP contribution is -2.45. The highest BCUT2D eigenvalue weighted by Crippen LogP contribution is 2.36. The molecule has 0 aliphatic carbocycles. The molecule has 5 nitrogen and oxygen atoms in total. The second-order valence-electron chi connectivity index (χ2n) is 5.78. The van der Waals surface area contributed by atoms with Gasteiger partial charge in [0.2, 0.25) is 0 Å². The Morgan fingerprint density at radius 1 is 1.23 bits per heavy atom. The summed E-state index contributed by atoms with van der Waals surface area (Å²) in [6.07, 6.45) is 2.28. The van der Waals surface area contributed by atoms with Crippen LogP contribution in [-0.2, 0) is 10.0 Å². The standard InChI is InChI=1S/C15H18FN3O2S/c1-10-8-13(16)4-5-14(10)22(20,21)19-12(3)9-11(2)18-15(19)6-7-17-18/h4-8,11-12H,9H2,1-3H3/t11-,12+/m1/s1. The molecule has 0 amide bonds. The number of anilines is 1. The van der Waals surface area contributed by atoms with Crippen molar-refractivity contribution in [2.75, 3.05) is 4.31 Å². The number of rotatable bonds is 2. The van der Waals surface area contributed by atoms with Crippen molar-refractivity contribution in [2.45, 2.75) is 44.2 Å². The van der Waals surface area contributed by atoms with Gasteiger partial charge in [-0.2, -0.15) is 5.10 Å². The van der Waals surface area contributed by atoms with Crippen LogP contribution in [0.15, 0.2) is 35.4 Å². The normalized spacial score (nSPS) is 21.7. The summed E-state index contributed by atoms with van der Waals surface area (Å²) in [6.45, 7) is 5.49. The molecule has 1 aliphatic heterocycles. The van der Waals surface area contributed by atoms with Crippen LogP contribution in [0.2, 0.25) is 0 Å². The molecule has 2 heterocycles. The van der Waals surface area contributed by atoms with E-state index in [2.05, 4.69) is 5.10 Å². The quantitative estimate of drug-likeness (QED) is 0.854. The van der Waals surface area contributed by atoms with Crippen molar-refractivity contribution < 1.29 is 12.8 Å². The van der Waals surface area contributed by atoms with Gasteiger partial charge in [0, 0.05) is 12.1 Å². The van der Waals surface area contributed by atoms with Crippen LogP contribution in [-0.4, -0.2) is 24.2 Å². The summed E-state index contributed by atoms with van der Waals surface area (Å²) in [6, 6.07) is 5.39. The summed E-state index contributed by atoms with van der Waals surface area (Å²) in [7, 11) is -3.76. The Kier molecular flexibility index (Phi) is 3.47. The Labute approximate surface area is 129 Å². The van der Waals surface area contributed by atoms with Crippen molar-refractivity contribution in [2.24, 2.45) is 0 Å². The average Bonchev–Trinajstić information content (AvgIpc) is 2.87. The molecule has 0 saturated heterocycles. The van der Waals surface area contributed by atoms with E-state index in [9.17, 15) is 12.8 Å². The van der Waals surface area contributed by atoms with E-state index in [1.54, 1.807) is 23.9 Å². The molecule has 0 N–H and O–H groups in total. The third-order valence-electron chi connectivity index (χ3n) is 4.05. The zero-order valence-electron chi connectivity index (χ0n) is 12.7. The van der Waals surface area contributed by atoms with Gasteiger partial charge in [-0.15, -0.1) is 0 Å². The highest BCUT2D eigenvalue weighted by molar-refractivity contribution is 7.93. The smallest absolute Gasteiger partial charge is 0.247 e. The third-order valence-corrected chi connectivity index (χ3v) is 6.13. The first-order valence-electron chi connectivity index (χ1n) is 7.16. The van der Waals surface area contributed by atoms with Gasteiger partial charge in [0.25, 0.3) is 10.0 Å². The van der Waals surface area contributed by atoms with E-state index in [-0.39, 0.29) is 17.0 Å². The van der Waals surface area contributed by atoms with Crippen LogP contribution in [0.3, 0.4) is 0 Å². The third kappa shape index (κ3) is 2.20. The van der Waals surface area contributed by atoms with Gasteiger partial charge in [0.05, 0.1) is 17.1 Å². The lowest BCUT2D eigenvalue weighted by atomic mass is 10.1. The predicted octanol–water partition coefficient (Wildman–Crippen LogP) is 2.88. The molecule has 1 aromatic heterocycles. The highest BCUT2D eigenvalue weighted by atomic mass is 32.2. The van der Waals surface area contributed by atoms with Gasteiger partial charge in [-0.05, 0) is 51.0 Å². The van der Waals surface area contributed by atoms with Gasteiger partial charge >= 0.3 is 0 Å². The van der Waals surface area contributed by atoms with E-state index >= 15 is 0 Å². The molecule has 1 aliphatic rings. The van der Waals surface area contributed by atoms with Gasteiger partial charge in [-0.1, -0.05) is 0 Å². The molecule has 0 saturated carbocycles. The van der Waals surface area contributed by atoms with E-state index in [0.29, 0.717) is 17.8 Å². The molecular weight excluding hydrogens is 305 g/mol. The Balaban J connectivity index is 2.15. The molecule has 2 aromatic rings. The zero-order chi connectivity index (χ0) is 16.1. The van der Waals surface area contributed by atoms with Crippen molar-refractivity contribution in [3.8, 4) is 0 Å². The molecule has 22 heavy (non-hydrogen) atoms. The van der Waals surface area contributed by atoms with Gasteiger partial charge in [-0.3, -0.25) is 0 Å².